The van der Waals surface area contributed by atoms with E-state index in [2.05, 4.69) is 30.6 Å². The van der Waals surface area contributed by atoms with Crippen LogP contribution >= 0.6 is 0 Å². The van der Waals surface area contributed by atoms with Crippen molar-refractivity contribution in [3.05, 3.63) is 65.7 Å². The number of aromatic nitrogens is 4. The molecule has 0 spiro atoms. The van der Waals surface area contributed by atoms with Crippen LogP contribution in [0, 0.1) is 20.8 Å². The first-order valence-electron chi connectivity index (χ1n) is 12.2. The van der Waals surface area contributed by atoms with E-state index in [1.807, 2.05) is 46.8 Å². The predicted octanol–water partition coefficient (Wildman–Crippen LogP) is 5.32. The molecule has 0 bridgehead atoms. The van der Waals surface area contributed by atoms with E-state index in [1.165, 1.54) is 18.4 Å². The number of aromatic amines is 1. The summed E-state index contributed by atoms with van der Waals surface area (Å²) in [6.45, 7) is 9.72. The number of para-hydroxylation sites is 1. The van der Waals surface area contributed by atoms with Gasteiger partial charge in [0.2, 0.25) is 16.0 Å². The maximum absolute atomic E-state index is 12.9. The van der Waals surface area contributed by atoms with Gasteiger partial charge >= 0.3 is 0 Å². The summed E-state index contributed by atoms with van der Waals surface area (Å²) in [6, 6.07) is 10.7. The molecule has 11 heteroatoms. The van der Waals surface area contributed by atoms with Gasteiger partial charge in [0.25, 0.3) is 0 Å². The van der Waals surface area contributed by atoms with E-state index in [0.29, 0.717) is 28.9 Å². The lowest BCUT2D eigenvalue weighted by Crippen LogP contribution is -2.23. The largest absolute Gasteiger partial charge is 0.489 e. The third-order valence-electron chi connectivity index (χ3n) is 5.80. The maximum Gasteiger partial charge on any atom is 0.244 e. The molecule has 0 radical (unpaired) electrons. The molecule has 2 aromatic carbocycles. The molecule has 38 heavy (non-hydrogen) atoms. The normalized spacial score (nSPS) is 11.7. The van der Waals surface area contributed by atoms with Gasteiger partial charge in [-0.05, 0) is 64.4 Å². The number of anilines is 4. The number of hydrogen-bond acceptors (Lipinski definition) is 8. The van der Waals surface area contributed by atoms with Crippen LogP contribution in [0.3, 0.4) is 0 Å². The van der Waals surface area contributed by atoms with Crippen LogP contribution in [0.1, 0.15) is 30.8 Å². The summed E-state index contributed by atoms with van der Waals surface area (Å²) in [7, 11) is -0.660. The van der Waals surface area contributed by atoms with Gasteiger partial charge in [0.05, 0.1) is 29.4 Å². The molecule has 0 aliphatic rings. The highest BCUT2D eigenvalue weighted by molar-refractivity contribution is 7.89. The van der Waals surface area contributed by atoms with Gasteiger partial charge in [-0.3, -0.25) is 0 Å². The van der Waals surface area contributed by atoms with Crippen LogP contribution in [0.2, 0.25) is 0 Å². The summed E-state index contributed by atoms with van der Waals surface area (Å²) in [6.07, 6.45) is 3.44. The highest BCUT2D eigenvalue weighted by Crippen LogP contribution is 2.36. The van der Waals surface area contributed by atoms with Gasteiger partial charge in [-0.25, -0.2) is 22.7 Å². The molecular formula is C27H33N7O3S. The standard InChI is InChI=1S/C27H33N7O3S/c1-16(2)37-24-12-17(3)20(23-15-28-19(5)30-23)13-22(24)32-27-29-14-18(4)26(33-27)31-21-10-8-9-11-25(21)38(35,36)34(6)7/h8-16H,1-7H3,(H,28,30)(H2,29,31,32,33). The Balaban J connectivity index is 1.72. The Labute approximate surface area is 223 Å². The number of ether oxygens (including phenoxy) is 1. The lowest BCUT2D eigenvalue weighted by atomic mass is 10.0. The Bertz CT molecular complexity index is 1560. The predicted molar refractivity (Wildman–Crippen MR) is 150 cm³/mol. The first-order chi connectivity index (χ1) is 18.0. The van der Waals surface area contributed by atoms with Crippen molar-refractivity contribution in [3.63, 3.8) is 0 Å². The van der Waals surface area contributed by atoms with E-state index in [1.54, 1.807) is 36.7 Å². The fraction of sp³-hybridized carbons (Fsp3) is 0.296. The zero-order valence-electron chi connectivity index (χ0n) is 22.6. The van der Waals surface area contributed by atoms with E-state index in [0.717, 1.165) is 28.2 Å². The monoisotopic (exact) mass is 535 g/mol. The summed E-state index contributed by atoms with van der Waals surface area (Å²) in [5.41, 5.74) is 4.76. The molecular weight excluding hydrogens is 502 g/mol. The van der Waals surface area contributed by atoms with Crippen molar-refractivity contribution in [2.24, 2.45) is 0 Å². The number of aryl methyl sites for hydroxylation is 3. The third-order valence-corrected chi connectivity index (χ3v) is 7.67. The van der Waals surface area contributed by atoms with Crippen molar-refractivity contribution in [1.29, 1.82) is 0 Å². The fourth-order valence-corrected chi connectivity index (χ4v) is 4.89. The van der Waals surface area contributed by atoms with Gasteiger partial charge in [0, 0.05) is 31.4 Å². The maximum atomic E-state index is 12.9. The third kappa shape index (κ3) is 5.79. The summed E-state index contributed by atoms with van der Waals surface area (Å²) in [5, 5.41) is 6.47. The van der Waals surface area contributed by atoms with E-state index in [9.17, 15) is 8.42 Å². The van der Waals surface area contributed by atoms with Crippen molar-refractivity contribution < 1.29 is 13.2 Å². The van der Waals surface area contributed by atoms with Gasteiger partial charge in [0.15, 0.2) is 0 Å². The molecule has 0 amide bonds. The number of sulfonamides is 1. The van der Waals surface area contributed by atoms with Crippen molar-refractivity contribution in [1.82, 2.24) is 24.2 Å². The van der Waals surface area contributed by atoms with E-state index >= 15 is 0 Å². The van der Waals surface area contributed by atoms with Crippen LogP contribution in [0.25, 0.3) is 11.3 Å². The van der Waals surface area contributed by atoms with Crippen LogP contribution in [0.4, 0.5) is 23.1 Å². The second-order valence-electron chi connectivity index (χ2n) is 9.47. The van der Waals surface area contributed by atoms with Gasteiger partial charge in [0.1, 0.15) is 22.3 Å². The highest BCUT2D eigenvalue weighted by Gasteiger charge is 2.22. The van der Waals surface area contributed by atoms with Gasteiger partial charge in [-0.2, -0.15) is 4.98 Å². The van der Waals surface area contributed by atoms with Crippen LogP contribution in [0.5, 0.6) is 5.75 Å². The van der Waals surface area contributed by atoms with Crippen LogP contribution in [-0.4, -0.2) is 52.9 Å². The average Bonchev–Trinajstić information content (AvgIpc) is 3.28. The summed E-state index contributed by atoms with van der Waals surface area (Å²) >= 11 is 0. The Kier molecular flexibility index (Phi) is 7.70. The second kappa shape index (κ2) is 10.8. The Morgan fingerprint density at radius 2 is 1.68 bits per heavy atom. The molecule has 10 nitrogen and oxygen atoms in total. The number of hydrogen-bond donors (Lipinski definition) is 3. The van der Waals surface area contributed by atoms with Gasteiger partial charge in [-0.1, -0.05) is 12.1 Å². The number of nitrogens with one attached hydrogen (secondary N) is 3. The summed E-state index contributed by atoms with van der Waals surface area (Å²) in [4.78, 5) is 16.9. The van der Waals surface area contributed by atoms with Crippen LogP contribution in [-0.2, 0) is 10.0 Å². The topological polar surface area (TPSA) is 125 Å². The van der Waals surface area contributed by atoms with E-state index in [-0.39, 0.29) is 11.0 Å². The van der Waals surface area contributed by atoms with Crippen LogP contribution < -0.4 is 15.4 Å². The molecule has 0 saturated heterocycles. The number of H-pyrrole nitrogens is 1. The SMILES string of the molecule is Cc1ncc(-c2cc(Nc3ncc(C)c(Nc4ccccc4S(=O)(=O)N(C)C)n3)c(OC(C)C)cc2C)[nH]1. The fourth-order valence-electron chi connectivity index (χ4n) is 3.85. The van der Waals surface area contributed by atoms with Crippen LogP contribution in [0.15, 0.2) is 53.7 Å². The van der Waals surface area contributed by atoms with Crippen molar-refractivity contribution in [2.75, 3.05) is 24.7 Å². The zero-order valence-corrected chi connectivity index (χ0v) is 23.4. The molecule has 0 aliphatic carbocycles. The van der Waals surface area contributed by atoms with Crippen molar-refractivity contribution in [3.8, 4) is 17.0 Å². The molecule has 0 atom stereocenters. The number of nitrogens with zero attached hydrogens (tertiary/aromatic N) is 4. The number of imidazole rings is 1. The zero-order chi connectivity index (χ0) is 27.6. The van der Waals surface area contributed by atoms with Crippen molar-refractivity contribution >= 4 is 33.2 Å². The minimum Gasteiger partial charge on any atom is -0.489 e. The molecule has 4 rings (SSSR count). The van der Waals surface area contributed by atoms with E-state index < -0.39 is 10.0 Å². The van der Waals surface area contributed by atoms with Gasteiger partial charge < -0.3 is 20.4 Å². The number of benzene rings is 2. The molecule has 0 fully saturated rings. The Morgan fingerprint density at radius 1 is 0.947 bits per heavy atom. The lowest BCUT2D eigenvalue weighted by molar-refractivity contribution is 0.243. The van der Waals surface area contributed by atoms with E-state index in [4.69, 9.17) is 4.74 Å². The average molecular weight is 536 g/mol. The first kappa shape index (κ1) is 27.1. The number of rotatable bonds is 9. The summed E-state index contributed by atoms with van der Waals surface area (Å²) in [5.74, 6) is 2.30. The van der Waals surface area contributed by atoms with Crippen molar-refractivity contribution in [2.45, 2.75) is 45.6 Å². The first-order valence-corrected chi connectivity index (χ1v) is 13.6. The molecule has 2 aromatic heterocycles. The highest BCUT2D eigenvalue weighted by atomic mass is 32.2. The lowest BCUT2D eigenvalue weighted by Gasteiger charge is -2.19. The molecule has 0 unspecified atom stereocenters. The quantitative estimate of drug-likeness (QED) is 0.263. The molecule has 0 aliphatic heterocycles. The second-order valence-corrected chi connectivity index (χ2v) is 11.6. The Hall–Kier alpha value is -3.96. The molecule has 4 aromatic rings. The smallest absolute Gasteiger partial charge is 0.244 e. The summed E-state index contributed by atoms with van der Waals surface area (Å²) < 4.78 is 33.0. The van der Waals surface area contributed by atoms with Gasteiger partial charge in [-0.15, -0.1) is 0 Å². The Morgan fingerprint density at radius 3 is 2.34 bits per heavy atom. The molecule has 2 heterocycles. The molecule has 200 valence electrons. The molecule has 3 N–H and O–H groups in total. The minimum absolute atomic E-state index is 0.0403. The minimum atomic E-state index is -3.66. The molecule has 0 saturated carbocycles.